The third-order valence-corrected chi connectivity index (χ3v) is 1.98. The standard InChI is InChI=1S/C9H15NO3/c1-2-6-13-9(12)10-5-3-4-8(11)7-10/h2,8,11H,1,3-7H2/t8-/m0/s1. The Hall–Kier alpha value is -1.03. The largest absolute Gasteiger partial charge is 0.445 e. The highest BCUT2D eigenvalue weighted by atomic mass is 16.6. The van der Waals surface area contributed by atoms with Gasteiger partial charge in [-0.1, -0.05) is 12.7 Å². The predicted molar refractivity (Wildman–Crippen MR) is 48.4 cm³/mol. The van der Waals surface area contributed by atoms with Crippen molar-refractivity contribution in [3.8, 4) is 0 Å². The molecule has 74 valence electrons. The van der Waals surface area contributed by atoms with E-state index in [-0.39, 0.29) is 12.7 Å². The van der Waals surface area contributed by atoms with Crippen molar-refractivity contribution in [2.45, 2.75) is 18.9 Å². The van der Waals surface area contributed by atoms with Crippen molar-refractivity contribution in [3.63, 3.8) is 0 Å². The minimum absolute atomic E-state index is 0.228. The van der Waals surface area contributed by atoms with Crippen LogP contribution in [-0.2, 0) is 4.74 Å². The molecule has 4 nitrogen and oxygen atoms in total. The molecular formula is C9H15NO3. The number of rotatable bonds is 2. The summed E-state index contributed by atoms with van der Waals surface area (Å²) in [5, 5.41) is 9.28. The van der Waals surface area contributed by atoms with E-state index in [0.717, 1.165) is 12.8 Å². The molecule has 0 radical (unpaired) electrons. The lowest BCUT2D eigenvalue weighted by Gasteiger charge is -2.28. The maximum absolute atomic E-state index is 11.2. The summed E-state index contributed by atoms with van der Waals surface area (Å²) in [6.45, 7) is 4.73. The summed E-state index contributed by atoms with van der Waals surface area (Å²) in [5.74, 6) is 0. The number of piperidine rings is 1. The van der Waals surface area contributed by atoms with E-state index in [4.69, 9.17) is 4.74 Å². The van der Waals surface area contributed by atoms with Crippen molar-refractivity contribution < 1.29 is 14.6 Å². The van der Waals surface area contributed by atoms with Gasteiger partial charge in [-0.15, -0.1) is 0 Å². The second-order valence-electron chi connectivity index (χ2n) is 3.11. The number of nitrogens with zero attached hydrogens (tertiary/aromatic N) is 1. The van der Waals surface area contributed by atoms with Crippen molar-refractivity contribution in [1.82, 2.24) is 4.90 Å². The molecule has 0 aromatic carbocycles. The van der Waals surface area contributed by atoms with Crippen molar-refractivity contribution in [2.75, 3.05) is 19.7 Å². The first-order valence-electron chi connectivity index (χ1n) is 4.44. The molecule has 0 saturated carbocycles. The minimum atomic E-state index is -0.398. The summed E-state index contributed by atoms with van der Waals surface area (Å²) in [7, 11) is 0. The van der Waals surface area contributed by atoms with Crippen LogP contribution in [0.2, 0.25) is 0 Å². The van der Waals surface area contributed by atoms with E-state index < -0.39 is 6.10 Å². The Morgan fingerprint density at radius 1 is 1.77 bits per heavy atom. The van der Waals surface area contributed by atoms with Gasteiger partial charge in [0.1, 0.15) is 6.61 Å². The highest BCUT2D eigenvalue weighted by molar-refractivity contribution is 5.67. The van der Waals surface area contributed by atoms with Gasteiger partial charge in [-0.05, 0) is 12.8 Å². The van der Waals surface area contributed by atoms with Gasteiger partial charge in [-0.2, -0.15) is 0 Å². The van der Waals surface area contributed by atoms with E-state index in [1.165, 1.54) is 11.0 Å². The summed E-state index contributed by atoms with van der Waals surface area (Å²) in [4.78, 5) is 12.8. The lowest BCUT2D eigenvalue weighted by atomic mass is 10.1. The zero-order valence-corrected chi connectivity index (χ0v) is 7.61. The summed E-state index contributed by atoms with van der Waals surface area (Å²) >= 11 is 0. The molecule has 0 aliphatic carbocycles. The molecule has 1 fully saturated rings. The lowest BCUT2D eigenvalue weighted by molar-refractivity contribution is 0.0533. The van der Waals surface area contributed by atoms with Crippen LogP contribution in [0.15, 0.2) is 12.7 Å². The van der Waals surface area contributed by atoms with E-state index in [9.17, 15) is 9.90 Å². The van der Waals surface area contributed by atoms with Gasteiger partial charge in [0, 0.05) is 13.1 Å². The number of β-amino-alcohol motifs (C(OH)–C–C–N with tert-alkyl or cyclic N) is 1. The molecule has 0 spiro atoms. The Bertz CT molecular complexity index is 193. The van der Waals surface area contributed by atoms with Gasteiger partial charge in [0.05, 0.1) is 6.10 Å². The number of likely N-dealkylation sites (tertiary alicyclic amines) is 1. The SMILES string of the molecule is C=CCOC(=O)N1CCC[C@H](O)C1. The van der Waals surface area contributed by atoms with Crippen molar-refractivity contribution in [3.05, 3.63) is 12.7 Å². The van der Waals surface area contributed by atoms with Gasteiger partial charge in [0.2, 0.25) is 0 Å². The third-order valence-electron chi connectivity index (χ3n) is 1.98. The molecule has 1 aliphatic heterocycles. The smallest absolute Gasteiger partial charge is 0.410 e. The Balaban J connectivity index is 2.32. The molecule has 0 unspecified atom stereocenters. The van der Waals surface area contributed by atoms with Crippen LogP contribution in [0.3, 0.4) is 0 Å². The molecule has 13 heavy (non-hydrogen) atoms. The first-order valence-corrected chi connectivity index (χ1v) is 4.44. The molecule has 0 bridgehead atoms. The van der Waals surface area contributed by atoms with Crippen LogP contribution in [-0.4, -0.2) is 41.9 Å². The highest BCUT2D eigenvalue weighted by Gasteiger charge is 2.22. The topological polar surface area (TPSA) is 49.8 Å². The summed E-state index contributed by atoms with van der Waals surface area (Å²) in [6, 6.07) is 0. The molecule has 1 rings (SSSR count). The van der Waals surface area contributed by atoms with E-state index in [1.807, 2.05) is 0 Å². The number of hydrogen-bond acceptors (Lipinski definition) is 3. The second-order valence-corrected chi connectivity index (χ2v) is 3.11. The second kappa shape index (κ2) is 4.87. The fourth-order valence-corrected chi connectivity index (χ4v) is 1.34. The van der Waals surface area contributed by atoms with E-state index in [0.29, 0.717) is 13.1 Å². The highest BCUT2D eigenvalue weighted by Crippen LogP contribution is 2.10. The van der Waals surface area contributed by atoms with Crippen molar-refractivity contribution in [2.24, 2.45) is 0 Å². The molecule has 4 heteroatoms. The molecule has 1 atom stereocenters. The quantitative estimate of drug-likeness (QED) is 0.646. The van der Waals surface area contributed by atoms with Crippen LogP contribution in [0.4, 0.5) is 4.79 Å². The fourth-order valence-electron chi connectivity index (χ4n) is 1.34. The average molecular weight is 185 g/mol. The van der Waals surface area contributed by atoms with Gasteiger partial charge < -0.3 is 14.7 Å². The van der Waals surface area contributed by atoms with Crippen LogP contribution in [0.25, 0.3) is 0 Å². The number of aliphatic hydroxyl groups excluding tert-OH is 1. The monoisotopic (exact) mass is 185 g/mol. The summed E-state index contributed by atoms with van der Waals surface area (Å²) < 4.78 is 4.84. The molecule has 1 amide bonds. The number of amides is 1. The Morgan fingerprint density at radius 2 is 2.54 bits per heavy atom. The van der Waals surface area contributed by atoms with Gasteiger partial charge in [-0.3, -0.25) is 0 Å². The zero-order valence-electron chi connectivity index (χ0n) is 7.61. The maximum atomic E-state index is 11.2. The Morgan fingerprint density at radius 3 is 3.15 bits per heavy atom. The van der Waals surface area contributed by atoms with Gasteiger partial charge in [0.25, 0.3) is 0 Å². The summed E-state index contributed by atoms with van der Waals surface area (Å²) in [6.07, 6.45) is 2.37. The van der Waals surface area contributed by atoms with Crippen LogP contribution < -0.4 is 0 Å². The molecule has 1 aliphatic rings. The van der Waals surface area contributed by atoms with Crippen LogP contribution in [0, 0.1) is 0 Å². The summed E-state index contributed by atoms with van der Waals surface area (Å²) in [5.41, 5.74) is 0. The Labute approximate surface area is 77.8 Å². The average Bonchev–Trinajstić information content (AvgIpc) is 2.14. The molecule has 1 heterocycles. The maximum Gasteiger partial charge on any atom is 0.410 e. The number of aliphatic hydroxyl groups is 1. The van der Waals surface area contributed by atoms with Gasteiger partial charge >= 0.3 is 6.09 Å². The number of hydrogen-bond donors (Lipinski definition) is 1. The first-order chi connectivity index (χ1) is 6.24. The zero-order chi connectivity index (χ0) is 9.68. The molecule has 0 aromatic rings. The predicted octanol–water partition coefficient (Wildman–Crippen LogP) is 0.766. The van der Waals surface area contributed by atoms with Crippen molar-refractivity contribution in [1.29, 1.82) is 0 Å². The van der Waals surface area contributed by atoms with Crippen LogP contribution >= 0.6 is 0 Å². The number of carbonyl (C=O) groups excluding carboxylic acids is 1. The minimum Gasteiger partial charge on any atom is -0.445 e. The van der Waals surface area contributed by atoms with Crippen LogP contribution in [0.1, 0.15) is 12.8 Å². The van der Waals surface area contributed by atoms with E-state index >= 15 is 0 Å². The molecule has 1 saturated heterocycles. The van der Waals surface area contributed by atoms with E-state index in [2.05, 4.69) is 6.58 Å². The molecular weight excluding hydrogens is 170 g/mol. The van der Waals surface area contributed by atoms with Crippen molar-refractivity contribution >= 4 is 6.09 Å². The van der Waals surface area contributed by atoms with Crippen LogP contribution in [0.5, 0.6) is 0 Å². The third kappa shape index (κ3) is 3.06. The fraction of sp³-hybridized carbons (Fsp3) is 0.667. The molecule has 1 N–H and O–H groups in total. The lowest BCUT2D eigenvalue weighted by Crippen LogP contribution is -2.42. The van der Waals surface area contributed by atoms with Gasteiger partial charge in [0.15, 0.2) is 0 Å². The number of ether oxygens (including phenoxy) is 1. The normalized spacial score (nSPS) is 22.5. The molecule has 0 aromatic heterocycles. The Kier molecular flexibility index (Phi) is 3.76. The first kappa shape index (κ1) is 10.1. The number of carbonyl (C=O) groups is 1. The van der Waals surface area contributed by atoms with E-state index in [1.54, 1.807) is 0 Å². The van der Waals surface area contributed by atoms with Gasteiger partial charge in [-0.25, -0.2) is 4.79 Å².